The third-order valence-electron chi connectivity index (χ3n) is 3.01. The van der Waals surface area contributed by atoms with Gasteiger partial charge in [0.25, 0.3) is 5.56 Å². The summed E-state index contributed by atoms with van der Waals surface area (Å²) in [7, 11) is 0. The quantitative estimate of drug-likeness (QED) is 0.609. The predicted octanol–water partition coefficient (Wildman–Crippen LogP) is 3.97. The van der Waals surface area contributed by atoms with E-state index in [9.17, 15) is 4.79 Å². The summed E-state index contributed by atoms with van der Waals surface area (Å²) in [5, 5.41) is 4.48. The largest absolute Gasteiger partial charge is 0.436 e. The predicted molar refractivity (Wildman–Crippen MR) is 81.3 cm³/mol. The van der Waals surface area contributed by atoms with Crippen LogP contribution in [0.5, 0.6) is 0 Å². The Morgan fingerprint density at radius 2 is 1.85 bits per heavy atom. The second kappa shape index (κ2) is 4.43. The van der Waals surface area contributed by atoms with Crippen molar-refractivity contribution in [3.05, 3.63) is 51.7 Å². The van der Waals surface area contributed by atoms with Gasteiger partial charge in [0.15, 0.2) is 5.76 Å². The molecule has 4 heterocycles. The van der Waals surface area contributed by atoms with E-state index in [-0.39, 0.29) is 5.56 Å². The van der Waals surface area contributed by atoms with Crippen LogP contribution >= 0.6 is 22.7 Å². The Hall–Kier alpha value is -2.18. The highest BCUT2D eigenvalue weighted by molar-refractivity contribution is 7.14. The number of hydrogen-bond donors (Lipinski definition) is 1. The number of rotatable bonds is 2. The topological polar surface area (TPSA) is 58.9 Å². The number of aromatic nitrogens is 2. The van der Waals surface area contributed by atoms with Crippen molar-refractivity contribution in [2.45, 2.75) is 0 Å². The summed E-state index contributed by atoms with van der Waals surface area (Å²) < 4.78 is 5.83. The molecule has 0 saturated carbocycles. The van der Waals surface area contributed by atoms with Crippen molar-refractivity contribution < 1.29 is 4.42 Å². The molecule has 98 valence electrons. The van der Waals surface area contributed by atoms with Gasteiger partial charge in [-0.25, -0.2) is 4.98 Å². The third-order valence-corrected chi connectivity index (χ3v) is 4.76. The van der Waals surface area contributed by atoms with Gasteiger partial charge in [-0.2, -0.15) is 0 Å². The van der Waals surface area contributed by atoms with Gasteiger partial charge in [-0.05, 0) is 22.9 Å². The Morgan fingerprint density at radius 3 is 2.55 bits per heavy atom. The molecule has 20 heavy (non-hydrogen) atoms. The number of furan rings is 1. The number of nitrogens with zero attached hydrogens (tertiary/aromatic N) is 1. The van der Waals surface area contributed by atoms with Crippen molar-refractivity contribution in [3.63, 3.8) is 0 Å². The zero-order valence-electron chi connectivity index (χ0n) is 10.1. The van der Waals surface area contributed by atoms with Crippen molar-refractivity contribution in [2.24, 2.45) is 0 Å². The molecule has 0 bridgehead atoms. The lowest BCUT2D eigenvalue weighted by molar-refractivity contribution is 0.619. The molecule has 0 spiro atoms. The second-order valence-electron chi connectivity index (χ2n) is 4.17. The number of thiophene rings is 2. The summed E-state index contributed by atoms with van der Waals surface area (Å²) in [5.74, 6) is 0.710. The maximum absolute atomic E-state index is 12.1. The van der Waals surface area contributed by atoms with E-state index >= 15 is 0 Å². The molecule has 0 fully saturated rings. The normalized spacial score (nSPS) is 11.2. The Kier molecular flexibility index (Phi) is 2.58. The monoisotopic (exact) mass is 300 g/mol. The highest BCUT2D eigenvalue weighted by atomic mass is 32.1. The summed E-state index contributed by atoms with van der Waals surface area (Å²) in [6, 6.07) is 7.89. The maximum atomic E-state index is 12.1. The van der Waals surface area contributed by atoms with Crippen molar-refractivity contribution >= 4 is 33.8 Å². The van der Waals surface area contributed by atoms with Crippen LogP contribution in [0.3, 0.4) is 0 Å². The number of hydrogen-bond acceptors (Lipinski definition) is 5. The van der Waals surface area contributed by atoms with Crippen molar-refractivity contribution in [1.29, 1.82) is 0 Å². The molecule has 0 unspecified atom stereocenters. The average Bonchev–Trinajstić information content (AvgIpc) is 3.18. The molecular weight excluding hydrogens is 292 g/mol. The molecule has 4 aromatic heterocycles. The van der Waals surface area contributed by atoms with Crippen LogP contribution in [0.2, 0.25) is 0 Å². The van der Waals surface area contributed by atoms with Gasteiger partial charge >= 0.3 is 0 Å². The molecule has 0 aliphatic heterocycles. The van der Waals surface area contributed by atoms with Gasteiger partial charge in [-0.15, -0.1) is 22.7 Å². The minimum absolute atomic E-state index is 0.176. The van der Waals surface area contributed by atoms with E-state index in [4.69, 9.17) is 4.42 Å². The van der Waals surface area contributed by atoms with E-state index in [0.29, 0.717) is 16.9 Å². The van der Waals surface area contributed by atoms with Crippen molar-refractivity contribution in [2.75, 3.05) is 0 Å². The maximum Gasteiger partial charge on any atom is 0.262 e. The summed E-state index contributed by atoms with van der Waals surface area (Å²) in [4.78, 5) is 20.9. The lowest BCUT2D eigenvalue weighted by Crippen LogP contribution is -2.05. The molecule has 4 aromatic rings. The fourth-order valence-electron chi connectivity index (χ4n) is 2.18. The first-order valence-corrected chi connectivity index (χ1v) is 7.68. The molecular formula is C14H8N2O2S2. The van der Waals surface area contributed by atoms with E-state index in [2.05, 4.69) is 9.97 Å². The molecule has 4 rings (SSSR count). The Bertz CT molecular complexity index is 918. The number of nitrogens with one attached hydrogen (secondary N) is 1. The molecule has 4 nitrogen and oxygen atoms in total. The van der Waals surface area contributed by atoms with Gasteiger partial charge in [-0.1, -0.05) is 12.1 Å². The van der Waals surface area contributed by atoms with Gasteiger partial charge in [0, 0.05) is 4.88 Å². The molecule has 0 amide bonds. The molecule has 0 saturated heterocycles. The first-order chi connectivity index (χ1) is 9.84. The van der Waals surface area contributed by atoms with Crippen LogP contribution in [0.4, 0.5) is 0 Å². The second-order valence-corrected chi connectivity index (χ2v) is 6.07. The van der Waals surface area contributed by atoms with Crippen LogP contribution in [-0.4, -0.2) is 9.97 Å². The van der Waals surface area contributed by atoms with Crippen LogP contribution in [0.25, 0.3) is 32.2 Å². The summed E-state index contributed by atoms with van der Waals surface area (Å²) in [6.45, 7) is 0. The fourth-order valence-corrected chi connectivity index (χ4v) is 3.66. The molecule has 0 radical (unpaired) electrons. The van der Waals surface area contributed by atoms with Crippen LogP contribution in [0.1, 0.15) is 0 Å². The molecule has 0 aliphatic rings. The minimum Gasteiger partial charge on any atom is -0.436 e. The summed E-state index contributed by atoms with van der Waals surface area (Å²) >= 11 is 3.16. The lowest BCUT2D eigenvalue weighted by atomic mass is 10.1. The Balaban J connectivity index is 2.17. The first kappa shape index (κ1) is 11.6. The Labute approximate surface area is 121 Å². The van der Waals surface area contributed by atoms with Gasteiger partial charge in [-0.3, -0.25) is 4.79 Å². The molecule has 0 aromatic carbocycles. The molecule has 0 aliphatic carbocycles. The lowest BCUT2D eigenvalue weighted by Gasteiger charge is -1.97. The average molecular weight is 300 g/mol. The van der Waals surface area contributed by atoms with Crippen LogP contribution < -0.4 is 5.56 Å². The molecule has 6 heteroatoms. The van der Waals surface area contributed by atoms with E-state index in [1.165, 1.54) is 6.33 Å². The zero-order chi connectivity index (χ0) is 13.5. The summed E-state index contributed by atoms with van der Waals surface area (Å²) in [6.07, 6.45) is 1.37. The van der Waals surface area contributed by atoms with Crippen LogP contribution in [-0.2, 0) is 0 Å². The molecule has 0 atom stereocenters. The SMILES string of the molecule is O=c1[nH]cnc2oc(-c3cccs3)c(-c3cccs3)c12. The smallest absolute Gasteiger partial charge is 0.262 e. The van der Waals surface area contributed by atoms with Crippen LogP contribution in [0.15, 0.2) is 50.6 Å². The highest BCUT2D eigenvalue weighted by Gasteiger charge is 2.21. The first-order valence-electron chi connectivity index (χ1n) is 5.92. The Morgan fingerprint density at radius 1 is 1.10 bits per heavy atom. The van der Waals surface area contributed by atoms with Gasteiger partial charge < -0.3 is 9.40 Å². The number of H-pyrrole nitrogens is 1. The van der Waals surface area contributed by atoms with E-state index in [0.717, 1.165) is 15.3 Å². The zero-order valence-corrected chi connectivity index (χ0v) is 11.8. The third kappa shape index (κ3) is 1.65. The van der Waals surface area contributed by atoms with E-state index in [1.807, 2.05) is 35.0 Å². The fraction of sp³-hybridized carbons (Fsp3) is 0. The van der Waals surface area contributed by atoms with Crippen molar-refractivity contribution in [1.82, 2.24) is 9.97 Å². The van der Waals surface area contributed by atoms with Gasteiger partial charge in [0.05, 0.1) is 16.8 Å². The molecule has 1 N–H and O–H groups in total. The summed E-state index contributed by atoms with van der Waals surface area (Å²) in [5.41, 5.74) is 1.03. The van der Waals surface area contributed by atoms with Crippen molar-refractivity contribution in [3.8, 4) is 21.1 Å². The van der Waals surface area contributed by atoms with Gasteiger partial charge in [0.2, 0.25) is 5.71 Å². The standard InChI is InChI=1S/C14H8N2O2S2/c17-13-11-10(8-3-1-5-19-8)12(9-4-2-6-20-9)18-14(11)16-7-15-13/h1-7H,(H,15,16,17). The van der Waals surface area contributed by atoms with Crippen LogP contribution in [0, 0.1) is 0 Å². The minimum atomic E-state index is -0.176. The van der Waals surface area contributed by atoms with E-state index in [1.54, 1.807) is 22.7 Å². The highest BCUT2D eigenvalue weighted by Crippen LogP contribution is 2.41. The number of aromatic amines is 1. The van der Waals surface area contributed by atoms with Gasteiger partial charge in [0.1, 0.15) is 5.39 Å². The van der Waals surface area contributed by atoms with E-state index < -0.39 is 0 Å². The number of fused-ring (bicyclic) bond motifs is 1.